The molecular formula is C23H30O2. The lowest BCUT2D eigenvalue weighted by Gasteiger charge is -2.24. The highest BCUT2D eigenvalue weighted by molar-refractivity contribution is 5.45. The first-order chi connectivity index (χ1) is 12.0. The summed E-state index contributed by atoms with van der Waals surface area (Å²) >= 11 is 0. The monoisotopic (exact) mass is 338 g/mol. The number of benzene rings is 2. The van der Waals surface area contributed by atoms with Crippen LogP contribution in [0.2, 0.25) is 0 Å². The van der Waals surface area contributed by atoms with Gasteiger partial charge in [0.25, 0.3) is 0 Å². The Hall–Kier alpha value is -2.06. The number of hydrogen-bond donors (Lipinski definition) is 0. The highest BCUT2D eigenvalue weighted by Crippen LogP contribution is 2.35. The van der Waals surface area contributed by atoms with Crippen LogP contribution in [0.1, 0.15) is 56.2 Å². The van der Waals surface area contributed by atoms with E-state index in [4.69, 9.17) is 9.47 Å². The third-order valence-electron chi connectivity index (χ3n) is 4.25. The van der Waals surface area contributed by atoms with Gasteiger partial charge in [-0.2, -0.15) is 0 Å². The van der Waals surface area contributed by atoms with E-state index < -0.39 is 0 Å². The molecule has 0 aliphatic heterocycles. The summed E-state index contributed by atoms with van der Waals surface area (Å²) in [5.74, 6) is 1.80. The molecule has 2 nitrogen and oxygen atoms in total. The number of rotatable bonds is 9. The zero-order valence-corrected chi connectivity index (χ0v) is 15.9. The van der Waals surface area contributed by atoms with Crippen LogP contribution in [0.4, 0.5) is 0 Å². The van der Waals surface area contributed by atoms with Gasteiger partial charge in [0.2, 0.25) is 0 Å². The molecule has 2 heteroatoms. The van der Waals surface area contributed by atoms with Crippen molar-refractivity contribution in [2.45, 2.75) is 52.2 Å². The minimum absolute atomic E-state index is 0.166. The van der Waals surface area contributed by atoms with Crippen LogP contribution >= 0.6 is 0 Å². The SMILES string of the molecule is C=C[C@@H](COCc1ccccc1)Oc1c(C(C)C)cccc1C(C)C. The van der Waals surface area contributed by atoms with Crippen molar-refractivity contribution in [3.63, 3.8) is 0 Å². The van der Waals surface area contributed by atoms with Crippen molar-refractivity contribution in [1.29, 1.82) is 0 Å². The van der Waals surface area contributed by atoms with Gasteiger partial charge in [-0.05, 0) is 34.6 Å². The van der Waals surface area contributed by atoms with Crippen molar-refractivity contribution in [2.24, 2.45) is 0 Å². The summed E-state index contributed by atoms with van der Waals surface area (Å²) in [6.45, 7) is 13.8. The summed E-state index contributed by atoms with van der Waals surface area (Å²) in [7, 11) is 0. The molecule has 0 bridgehead atoms. The van der Waals surface area contributed by atoms with E-state index in [1.165, 1.54) is 11.1 Å². The molecule has 0 spiro atoms. The lowest BCUT2D eigenvalue weighted by Crippen LogP contribution is -2.22. The molecule has 0 unspecified atom stereocenters. The standard InChI is InChI=1S/C23H30O2/c1-6-20(16-24-15-19-11-8-7-9-12-19)25-23-21(17(2)3)13-10-14-22(23)18(4)5/h6-14,17-18,20H,1,15-16H2,2-5H3/t20-/m0/s1. The minimum atomic E-state index is -0.166. The molecule has 1 atom stereocenters. The van der Waals surface area contributed by atoms with Crippen LogP contribution in [-0.4, -0.2) is 12.7 Å². The van der Waals surface area contributed by atoms with E-state index >= 15 is 0 Å². The quantitative estimate of drug-likeness (QED) is 0.516. The van der Waals surface area contributed by atoms with E-state index in [9.17, 15) is 0 Å². The summed E-state index contributed by atoms with van der Waals surface area (Å²) in [6.07, 6.45) is 1.66. The van der Waals surface area contributed by atoms with Crippen LogP contribution in [0.3, 0.4) is 0 Å². The molecular weight excluding hydrogens is 308 g/mol. The Labute approximate surface area is 152 Å². The van der Waals surface area contributed by atoms with E-state index in [0.717, 1.165) is 11.3 Å². The predicted molar refractivity (Wildman–Crippen MR) is 105 cm³/mol. The maximum absolute atomic E-state index is 6.34. The van der Waals surface area contributed by atoms with Gasteiger partial charge in [0, 0.05) is 0 Å². The van der Waals surface area contributed by atoms with Gasteiger partial charge < -0.3 is 9.47 Å². The fraction of sp³-hybridized carbons (Fsp3) is 0.391. The second kappa shape index (κ2) is 9.43. The molecule has 2 aromatic carbocycles. The van der Waals surface area contributed by atoms with Crippen molar-refractivity contribution >= 4 is 0 Å². The maximum atomic E-state index is 6.34. The fourth-order valence-corrected chi connectivity index (χ4v) is 2.79. The highest BCUT2D eigenvalue weighted by Gasteiger charge is 2.18. The third kappa shape index (κ3) is 5.47. The summed E-state index contributed by atoms with van der Waals surface area (Å²) in [6, 6.07) is 16.6. The van der Waals surface area contributed by atoms with E-state index in [1.54, 1.807) is 0 Å². The normalized spacial score (nSPS) is 12.4. The molecule has 0 radical (unpaired) electrons. The van der Waals surface area contributed by atoms with Gasteiger partial charge in [0.05, 0.1) is 13.2 Å². The Morgan fingerprint density at radius 1 is 0.880 bits per heavy atom. The van der Waals surface area contributed by atoms with Crippen LogP contribution < -0.4 is 4.74 Å². The Kier molecular flexibility index (Phi) is 7.27. The summed E-state index contributed by atoms with van der Waals surface area (Å²) < 4.78 is 12.2. The van der Waals surface area contributed by atoms with Crippen molar-refractivity contribution < 1.29 is 9.47 Å². The molecule has 0 amide bonds. The topological polar surface area (TPSA) is 18.5 Å². The largest absolute Gasteiger partial charge is 0.483 e. The average molecular weight is 338 g/mol. The van der Waals surface area contributed by atoms with Gasteiger partial charge in [-0.3, -0.25) is 0 Å². The lowest BCUT2D eigenvalue weighted by atomic mass is 9.94. The number of hydrogen-bond acceptors (Lipinski definition) is 2. The molecule has 2 rings (SSSR count). The van der Waals surface area contributed by atoms with Gasteiger partial charge in [-0.25, -0.2) is 0 Å². The Morgan fingerprint density at radius 2 is 1.48 bits per heavy atom. The van der Waals surface area contributed by atoms with Crippen LogP contribution in [0, 0.1) is 0 Å². The van der Waals surface area contributed by atoms with E-state index in [2.05, 4.69) is 64.6 Å². The van der Waals surface area contributed by atoms with Crippen LogP contribution in [0.15, 0.2) is 61.2 Å². The molecule has 0 heterocycles. The van der Waals surface area contributed by atoms with Crippen molar-refractivity contribution in [1.82, 2.24) is 0 Å². The Balaban J connectivity index is 2.08. The number of ether oxygens (including phenoxy) is 2. The Bertz CT molecular complexity index is 633. The first kappa shape index (κ1) is 19.3. The second-order valence-corrected chi connectivity index (χ2v) is 6.97. The van der Waals surface area contributed by atoms with Gasteiger partial charge in [-0.1, -0.05) is 82.8 Å². The fourth-order valence-electron chi connectivity index (χ4n) is 2.79. The predicted octanol–water partition coefficient (Wildman–Crippen LogP) is 6.08. The zero-order valence-electron chi connectivity index (χ0n) is 15.9. The maximum Gasteiger partial charge on any atom is 0.140 e. The summed E-state index contributed by atoms with van der Waals surface area (Å²) in [5, 5.41) is 0. The van der Waals surface area contributed by atoms with E-state index in [1.807, 2.05) is 24.3 Å². The third-order valence-corrected chi connectivity index (χ3v) is 4.25. The summed E-state index contributed by atoms with van der Waals surface area (Å²) in [4.78, 5) is 0. The first-order valence-corrected chi connectivity index (χ1v) is 9.06. The smallest absolute Gasteiger partial charge is 0.140 e. The first-order valence-electron chi connectivity index (χ1n) is 9.06. The molecule has 0 aliphatic rings. The van der Waals surface area contributed by atoms with Crippen LogP contribution in [0.5, 0.6) is 5.75 Å². The molecule has 134 valence electrons. The van der Waals surface area contributed by atoms with Gasteiger partial charge in [-0.15, -0.1) is 0 Å². The van der Waals surface area contributed by atoms with Gasteiger partial charge >= 0.3 is 0 Å². The van der Waals surface area contributed by atoms with Crippen molar-refractivity contribution in [2.75, 3.05) is 6.61 Å². The van der Waals surface area contributed by atoms with Crippen molar-refractivity contribution in [3.8, 4) is 5.75 Å². The second-order valence-electron chi connectivity index (χ2n) is 6.97. The van der Waals surface area contributed by atoms with Gasteiger partial charge in [0.15, 0.2) is 0 Å². The minimum Gasteiger partial charge on any atom is -0.483 e. The van der Waals surface area contributed by atoms with Gasteiger partial charge in [0.1, 0.15) is 11.9 Å². The lowest BCUT2D eigenvalue weighted by molar-refractivity contribution is 0.0600. The van der Waals surface area contributed by atoms with Crippen molar-refractivity contribution in [3.05, 3.63) is 77.9 Å². The van der Waals surface area contributed by atoms with E-state index in [-0.39, 0.29) is 6.10 Å². The Morgan fingerprint density at radius 3 is 2.00 bits per heavy atom. The molecule has 2 aromatic rings. The molecule has 0 saturated heterocycles. The molecule has 0 fully saturated rings. The average Bonchev–Trinajstić information content (AvgIpc) is 2.61. The molecule has 0 aliphatic carbocycles. The van der Waals surface area contributed by atoms with Crippen LogP contribution in [0.25, 0.3) is 0 Å². The highest BCUT2D eigenvalue weighted by atomic mass is 16.5. The zero-order chi connectivity index (χ0) is 18.2. The van der Waals surface area contributed by atoms with Crippen LogP contribution in [-0.2, 0) is 11.3 Å². The van der Waals surface area contributed by atoms with E-state index in [0.29, 0.717) is 25.0 Å². The number of para-hydroxylation sites is 1. The molecule has 25 heavy (non-hydrogen) atoms. The molecule has 0 N–H and O–H groups in total. The molecule has 0 saturated carbocycles. The molecule has 0 aromatic heterocycles. The summed E-state index contributed by atoms with van der Waals surface area (Å²) in [5.41, 5.74) is 3.64.